The van der Waals surface area contributed by atoms with Gasteiger partial charge in [0.15, 0.2) is 0 Å². The first kappa shape index (κ1) is 12.1. The second-order valence-corrected chi connectivity index (χ2v) is 5.33. The van der Waals surface area contributed by atoms with Gasteiger partial charge in [0.05, 0.1) is 0 Å². The Bertz CT molecular complexity index is 351. The van der Waals surface area contributed by atoms with E-state index >= 15 is 0 Å². The van der Waals surface area contributed by atoms with Gasteiger partial charge in [-0.05, 0) is 37.0 Å². The third-order valence-corrected chi connectivity index (χ3v) is 4.14. The molecular formula is C13H19NO3. The van der Waals surface area contributed by atoms with Gasteiger partial charge in [-0.1, -0.05) is 6.42 Å². The Balaban J connectivity index is 1.82. The normalized spacial score (nSPS) is 31.0. The smallest absolute Gasteiger partial charge is 0.328 e. The minimum Gasteiger partial charge on any atom is -0.478 e. The van der Waals surface area contributed by atoms with Crippen LogP contribution in [0.4, 0.5) is 0 Å². The monoisotopic (exact) mass is 237 g/mol. The molecule has 0 aromatic carbocycles. The lowest BCUT2D eigenvalue weighted by Crippen LogP contribution is -2.32. The fourth-order valence-electron chi connectivity index (χ4n) is 3.31. The lowest BCUT2D eigenvalue weighted by Gasteiger charge is -2.26. The molecule has 0 spiro atoms. The summed E-state index contributed by atoms with van der Waals surface area (Å²) in [6, 6.07) is 0. The summed E-state index contributed by atoms with van der Waals surface area (Å²) >= 11 is 0. The van der Waals surface area contributed by atoms with Crippen LogP contribution in [0.3, 0.4) is 0 Å². The molecule has 1 N–H and O–H groups in total. The van der Waals surface area contributed by atoms with Crippen molar-refractivity contribution in [2.45, 2.75) is 25.7 Å². The molecule has 0 aromatic heterocycles. The SMILES string of the molecule is CN(CC1CC2CCC1C2)C(=O)C=CC(=O)O. The summed E-state index contributed by atoms with van der Waals surface area (Å²) in [5, 5.41) is 8.46. The van der Waals surface area contributed by atoms with Crippen LogP contribution >= 0.6 is 0 Å². The van der Waals surface area contributed by atoms with Crippen molar-refractivity contribution in [3.05, 3.63) is 12.2 Å². The van der Waals surface area contributed by atoms with Crippen LogP contribution in [0.15, 0.2) is 12.2 Å². The van der Waals surface area contributed by atoms with E-state index in [4.69, 9.17) is 5.11 Å². The van der Waals surface area contributed by atoms with Crippen molar-refractivity contribution >= 4 is 11.9 Å². The minimum atomic E-state index is -1.08. The summed E-state index contributed by atoms with van der Waals surface area (Å²) in [6.45, 7) is 0.768. The van der Waals surface area contributed by atoms with Gasteiger partial charge in [0.1, 0.15) is 0 Å². The molecule has 4 heteroatoms. The quantitative estimate of drug-likeness (QED) is 0.754. The highest BCUT2D eigenvalue weighted by atomic mass is 16.4. The van der Waals surface area contributed by atoms with Gasteiger partial charge < -0.3 is 10.0 Å². The van der Waals surface area contributed by atoms with Crippen molar-refractivity contribution in [3.63, 3.8) is 0 Å². The number of carboxylic acid groups (broad SMARTS) is 1. The van der Waals surface area contributed by atoms with Gasteiger partial charge in [0.2, 0.25) is 5.91 Å². The highest BCUT2D eigenvalue weighted by Crippen LogP contribution is 2.48. The van der Waals surface area contributed by atoms with E-state index in [0.29, 0.717) is 5.92 Å². The molecule has 0 saturated heterocycles. The van der Waals surface area contributed by atoms with Crippen LogP contribution in [0.1, 0.15) is 25.7 Å². The van der Waals surface area contributed by atoms with Crippen molar-refractivity contribution in [2.24, 2.45) is 17.8 Å². The largest absolute Gasteiger partial charge is 0.478 e. The van der Waals surface area contributed by atoms with Crippen molar-refractivity contribution in [2.75, 3.05) is 13.6 Å². The van der Waals surface area contributed by atoms with Crippen molar-refractivity contribution in [1.82, 2.24) is 4.90 Å². The summed E-state index contributed by atoms with van der Waals surface area (Å²) in [5.41, 5.74) is 0. The van der Waals surface area contributed by atoms with Gasteiger partial charge in [-0.25, -0.2) is 4.79 Å². The van der Waals surface area contributed by atoms with Gasteiger partial charge in [-0.2, -0.15) is 0 Å². The molecule has 2 aliphatic rings. The van der Waals surface area contributed by atoms with E-state index in [1.165, 1.54) is 25.7 Å². The average Bonchev–Trinajstić information content (AvgIpc) is 2.87. The lowest BCUT2D eigenvalue weighted by atomic mass is 9.88. The molecule has 2 aliphatic carbocycles. The van der Waals surface area contributed by atoms with Crippen LogP contribution in [0.2, 0.25) is 0 Å². The van der Waals surface area contributed by atoms with E-state index in [2.05, 4.69) is 0 Å². The second-order valence-electron chi connectivity index (χ2n) is 5.33. The Kier molecular flexibility index (Phi) is 3.50. The predicted octanol–water partition coefficient (Wildman–Crippen LogP) is 1.52. The Morgan fingerprint density at radius 3 is 2.59 bits per heavy atom. The minimum absolute atomic E-state index is 0.213. The number of hydrogen-bond acceptors (Lipinski definition) is 2. The summed E-state index contributed by atoms with van der Waals surface area (Å²) in [6.07, 6.45) is 7.28. The Morgan fingerprint density at radius 1 is 1.29 bits per heavy atom. The zero-order valence-electron chi connectivity index (χ0n) is 10.1. The van der Waals surface area contributed by atoms with Crippen LogP contribution in [0, 0.1) is 17.8 Å². The van der Waals surface area contributed by atoms with Crippen molar-refractivity contribution < 1.29 is 14.7 Å². The average molecular weight is 237 g/mol. The number of rotatable bonds is 4. The standard InChI is InChI=1S/C13H19NO3/c1-14(12(15)4-5-13(16)17)8-11-7-9-2-3-10(11)6-9/h4-5,9-11H,2-3,6-8H2,1H3,(H,16,17). The molecule has 2 fully saturated rings. The predicted molar refractivity (Wildman–Crippen MR) is 63.4 cm³/mol. The maximum atomic E-state index is 11.6. The van der Waals surface area contributed by atoms with Crippen molar-refractivity contribution in [3.8, 4) is 0 Å². The zero-order chi connectivity index (χ0) is 12.4. The highest BCUT2D eigenvalue weighted by Gasteiger charge is 2.39. The Hall–Kier alpha value is -1.32. The molecule has 2 bridgehead atoms. The fraction of sp³-hybridized carbons (Fsp3) is 0.692. The Morgan fingerprint density at radius 2 is 2.06 bits per heavy atom. The van der Waals surface area contributed by atoms with Gasteiger partial charge in [-0.15, -0.1) is 0 Å². The first-order valence-electron chi connectivity index (χ1n) is 6.22. The van der Waals surface area contributed by atoms with Crippen LogP contribution < -0.4 is 0 Å². The molecule has 0 aromatic rings. The number of aliphatic carboxylic acids is 1. The number of carboxylic acids is 1. The highest BCUT2D eigenvalue weighted by molar-refractivity contribution is 5.93. The molecular weight excluding hydrogens is 218 g/mol. The number of carbonyl (C=O) groups excluding carboxylic acids is 1. The number of hydrogen-bond donors (Lipinski definition) is 1. The van der Waals surface area contributed by atoms with Crippen LogP contribution in [-0.4, -0.2) is 35.5 Å². The molecule has 3 atom stereocenters. The molecule has 17 heavy (non-hydrogen) atoms. The number of likely N-dealkylation sites (N-methyl/N-ethyl adjacent to an activating group) is 1. The Labute approximate surface area is 101 Å². The molecule has 1 amide bonds. The van der Waals surface area contributed by atoms with Gasteiger partial charge >= 0.3 is 5.97 Å². The number of fused-ring (bicyclic) bond motifs is 2. The molecule has 0 aliphatic heterocycles. The third kappa shape index (κ3) is 2.87. The lowest BCUT2D eigenvalue weighted by molar-refractivity contribution is -0.132. The maximum absolute atomic E-state index is 11.6. The van der Waals surface area contributed by atoms with Crippen molar-refractivity contribution in [1.29, 1.82) is 0 Å². The number of nitrogens with zero attached hydrogens (tertiary/aromatic N) is 1. The van der Waals surface area contributed by atoms with Gasteiger partial charge in [-0.3, -0.25) is 4.79 Å². The van der Waals surface area contributed by atoms with E-state index in [1.807, 2.05) is 0 Å². The molecule has 4 nitrogen and oxygen atoms in total. The first-order chi connectivity index (χ1) is 8.06. The van der Waals surface area contributed by atoms with Gasteiger partial charge in [0, 0.05) is 25.7 Å². The number of amides is 1. The van der Waals surface area contributed by atoms with E-state index < -0.39 is 5.97 Å². The summed E-state index contributed by atoms with van der Waals surface area (Å²) < 4.78 is 0. The molecule has 94 valence electrons. The third-order valence-electron chi connectivity index (χ3n) is 4.14. The summed E-state index contributed by atoms with van der Waals surface area (Å²) in [5.74, 6) is 1.00. The maximum Gasteiger partial charge on any atom is 0.328 e. The topological polar surface area (TPSA) is 57.6 Å². The van der Waals surface area contributed by atoms with Gasteiger partial charge in [0.25, 0.3) is 0 Å². The molecule has 2 rings (SSSR count). The summed E-state index contributed by atoms with van der Waals surface area (Å²) in [4.78, 5) is 23.6. The van der Waals surface area contributed by atoms with Crippen LogP contribution in [0.5, 0.6) is 0 Å². The molecule has 0 radical (unpaired) electrons. The molecule has 3 unspecified atom stereocenters. The summed E-state index contributed by atoms with van der Waals surface area (Å²) in [7, 11) is 1.75. The zero-order valence-corrected chi connectivity index (χ0v) is 10.1. The molecule has 2 saturated carbocycles. The van der Waals surface area contributed by atoms with Crippen LogP contribution in [-0.2, 0) is 9.59 Å². The molecule has 0 heterocycles. The number of carbonyl (C=O) groups is 2. The first-order valence-corrected chi connectivity index (χ1v) is 6.22. The van der Waals surface area contributed by atoms with E-state index in [0.717, 1.165) is 30.5 Å². The fourth-order valence-corrected chi connectivity index (χ4v) is 3.31. The van der Waals surface area contributed by atoms with E-state index in [1.54, 1.807) is 11.9 Å². The van der Waals surface area contributed by atoms with E-state index in [-0.39, 0.29) is 5.91 Å². The van der Waals surface area contributed by atoms with E-state index in [9.17, 15) is 9.59 Å². The van der Waals surface area contributed by atoms with Crippen LogP contribution in [0.25, 0.3) is 0 Å². The second kappa shape index (κ2) is 4.90.